The fraction of sp³-hybridized carbons (Fsp3) is 0.333. The minimum absolute atomic E-state index is 0.414. The number of hydrogen-bond acceptors (Lipinski definition) is 3. The Bertz CT molecular complexity index is 393. The highest BCUT2D eigenvalue weighted by molar-refractivity contribution is 8.16. The van der Waals surface area contributed by atoms with Crippen LogP contribution in [0.2, 0.25) is 5.15 Å². The summed E-state index contributed by atoms with van der Waals surface area (Å²) < 4.78 is -1.51. The molecule has 0 bridgehead atoms. The summed E-state index contributed by atoms with van der Waals surface area (Å²) in [7, 11) is 0. The number of aromatic amines is 1. The van der Waals surface area contributed by atoms with E-state index in [9.17, 15) is 0 Å². The number of thioether (sulfide) groups is 1. The fourth-order valence-electron chi connectivity index (χ4n) is 0.482. The highest BCUT2D eigenvalue weighted by atomic mass is 35.5. The second-order valence-corrected chi connectivity index (χ2v) is 8.13. The summed E-state index contributed by atoms with van der Waals surface area (Å²) in [5.41, 5.74) is 0. The van der Waals surface area contributed by atoms with E-state index in [1.807, 2.05) is 0 Å². The Morgan fingerprint density at radius 3 is 1.93 bits per heavy atom. The molecular formula is C6H3Cl5N2S2. The van der Waals surface area contributed by atoms with E-state index in [0.717, 1.165) is 11.8 Å². The van der Waals surface area contributed by atoms with Crippen molar-refractivity contribution in [2.45, 2.75) is 7.33 Å². The van der Waals surface area contributed by atoms with Crippen molar-refractivity contribution in [1.29, 1.82) is 0 Å². The second kappa shape index (κ2) is 5.17. The SMILES string of the molecule is ClC1(Cl)SC1(Cl)Cl.S=c1nccc(Cl)[nH]1. The summed E-state index contributed by atoms with van der Waals surface area (Å²) >= 11 is 32.8. The molecule has 1 aromatic heterocycles. The molecule has 0 atom stereocenters. The molecule has 1 N–H and O–H groups in total. The van der Waals surface area contributed by atoms with Crippen molar-refractivity contribution in [3.63, 3.8) is 0 Å². The summed E-state index contributed by atoms with van der Waals surface area (Å²) in [4.78, 5) is 6.35. The summed E-state index contributed by atoms with van der Waals surface area (Å²) in [5.74, 6) is 0. The molecule has 0 aliphatic carbocycles. The topological polar surface area (TPSA) is 28.7 Å². The molecule has 2 heterocycles. The number of rotatable bonds is 0. The van der Waals surface area contributed by atoms with Crippen LogP contribution in [0, 0.1) is 4.77 Å². The molecule has 84 valence electrons. The molecule has 0 spiro atoms. The van der Waals surface area contributed by atoms with Crippen LogP contribution in [0.5, 0.6) is 0 Å². The lowest BCUT2D eigenvalue weighted by atomic mass is 10.7. The maximum absolute atomic E-state index is 5.48. The van der Waals surface area contributed by atoms with E-state index in [1.165, 1.54) is 0 Å². The first-order valence-electron chi connectivity index (χ1n) is 3.41. The first-order chi connectivity index (χ1) is 6.74. The molecule has 0 amide bonds. The standard InChI is InChI=1S/C4H3ClN2S.C2Cl4S/c5-3-1-2-6-4(8)7-3;3-1(4)2(5,6)7-1/h1-2H,(H,6,7,8);. The van der Waals surface area contributed by atoms with Crippen LogP contribution in [0.3, 0.4) is 0 Å². The zero-order chi connectivity index (χ0) is 11.7. The van der Waals surface area contributed by atoms with E-state index in [1.54, 1.807) is 12.3 Å². The molecule has 0 aromatic carbocycles. The van der Waals surface area contributed by atoms with Crippen molar-refractivity contribution in [2.24, 2.45) is 0 Å². The molecule has 2 nitrogen and oxygen atoms in total. The zero-order valence-electron chi connectivity index (χ0n) is 6.81. The minimum atomic E-state index is -0.962. The normalized spacial score (nSPS) is 20.1. The zero-order valence-corrected chi connectivity index (χ0v) is 12.2. The molecular weight excluding hydrogens is 341 g/mol. The van der Waals surface area contributed by atoms with Gasteiger partial charge in [-0.15, -0.1) is 0 Å². The van der Waals surface area contributed by atoms with E-state index in [0.29, 0.717) is 9.92 Å². The van der Waals surface area contributed by atoms with Gasteiger partial charge < -0.3 is 4.98 Å². The van der Waals surface area contributed by atoms with Crippen LogP contribution < -0.4 is 0 Å². The van der Waals surface area contributed by atoms with Crippen LogP contribution in [0.1, 0.15) is 0 Å². The van der Waals surface area contributed by atoms with Gasteiger partial charge >= 0.3 is 0 Å². The molecule has 15 heavy (non-hydrogen) atoms. The highest BCUT2D eigenvalue weighted by Gasteiger charge is 2.67. The number of halogens is 5. The molecule has 9 heteroatoms. The molecule has 1 aromatic rings. The third kappa shape index (κ3) is 4.46. The molecule has 1 fully saturated rings. The first kappa shape index (κ1) is 14.2. The number of alkyl halides is 4. The van der Waals surface area contributed by atoms with Gasteiger partial charge in [-0.1, -0.05) is 69.8 Å². The van der Waals surface area contributed by atoms with Gasteiger partial charge in [-0.05, 0) is 18.3 Å². The lowest BCUT2D eigenvalue weighted by molar-refractivity contribution is 1.13. The quantitative estimate of drug-likeness (QED) is 0.317. The summed E-state index contributed by atoms with van der Waals surface area (Å²) in [6.07, 6.45) is 1.56. The number of nitrogens with zero attached hydrogens (tertiary/aromatic N) is 1. The van der Waals surface area contributed by atoms with Gasteiger partial charge in [-0.25, -0.2) is 4.98 Å². The van der Waals surface area contributed by atoms with Crippen LogP contribution in [0.4, 0.5) is 0 Å². The number of aromatic nitrogens is 2. The highest BCUT2D eigenvalue weighted by Crippen LogP contribution is 2.74. The third-order valence-electron chi connectivity index (χ3n) is 1.19. The van der Waals surface area contributed by atoms with Crippen LogP contribution in [-0.2, 0) is 0 Å². The number of H-pyrrole nitrogens is 1. The van der Waals surface area contributed by atoms with Gasteiger partial charge in [0.15, 0.2) is 4.77 Å². The van der Waals surface area contributed by atoms with Crippen molar-refractivity contribution < 1.29 is 0 Å². The van der Waals surface area contributed by atoms with Gasteiger partial charge in [0.1, 0.15) is 5.15 Å². The summed E-state index contributed by atoms with van der Waals surface area (Å²) in [6, 6.07) is 1.64. The average Bonchev–Trinajstić information content (AvgIpc) is 2.47. The fourth-order valence-corrected chi connectivity index (χ4v) is 2.99. The van der Waals surface area contributed by atoms with Gasteiger partial charge in [0.05, 0.1) is 0 Å². The first-order valence-corrected chi connectivity index (χ1v) is 6.53. The Morgan fingerprint density at radius 2 is 1.73 bits per heavy atom. The maximum Gasteiger partial charge on any atom is 0.208 e. The van der Waals surface area contributed by atoms with Gasteiger partial charge in [0.25, 0.3) is 0 Å². The number of hydrogen-bond donors (Lipinski definition) is 1. The average molecular weight is 345 g/mol. The Hall–Kier alpha value is 1.10. The van der Waals surface area contributed by atoms with Gasteiger partial charge in [-0.2, -0.15) is 0 Å². The summed E-state index contributed by atoms with van der Waals surface area (Å²) in [6.45, 7) is 0. The number of nitrogens with one attached hydrogen (secondary N) is 1. The van der Waals surface area contributed by atoms with Crippen molar-refractivity contribution in [3.8, 4) is 0 Å². The maximum atomic E-state index is 5.48. The van der Waals surface area contributed by atoms with Crippen LogP contribution in [-0.4, -0.2) is 17.3 Å². The lowest BCUT2D eigenvalue weighted by Crippen LogP contribution is -1.96. The Balaban J connectivity index is 0.000000151. The smallest absolute Gasteiger partial charge is 0.208 e. The second-order valence-electron chi connectivity index (χ2n) is 2.36. The molecule has 1 saturated heterocycles. The van der Waals surface area contributed by atoms with E-state index < -0.39 is 7.33 Å². The van der Waals surface area contributed by atoms with Gasteiger partial charge in [0.2, 0.25) is 7.33 Å². The van der Waals surface area contributed by atoms with E-state index >= 15 is 0 Å². The van der Waals surface area contributed by atoms with Crippen LogP contribution >= 0.6 is 82.0 Å². The van der Waals surface area contributed by atoms with Crippen molar-refractivity contribution >= 4 is 82.0 Å². The molecule has 0 radical (unpaired) electrons. The monoisotopic (exact) mass is 342 g/mol. The van der Waals surface area contributed by atoms with Gasteiger partial charge in [0, 0.05) is 6.20 Å². The Kier molecular flexibility index (Phi) is 4.88. The van der Waals surface area contributed by atoms with E-state index in [4.69, 9.17) is 58.0 Å². The molecule has 2 rings (SSSR count). The molecule has 1 aliphatic heterocycles. The predicted molar refractivity (Wildman–Crippen MR) is 70.9 cm³/mol. The van der Waals surface area contributed by atoms with Crippen molar-refractivity contribution in [1.82, 2.24) is 9.97 Å². The predicted octanol–water partition coefficient (Wildman–Crippen LogP) is 4.79. The largest absolute Gasteiger partial charge is 0.321 e. The lowest BCUT2D eigenvalue weighted by Gasteiger charge is -1.90. The molecule has 0 saturated carbocycles. The van der Waals surface area contributed by atoms with Crippen LogP contribution in [0.15, 0.2) is 12.3 Å². The third-order valence-corrected chi connectivity index (χ3v) is 5.44. The Morgan fingerprint density at radius 1 is 1.27 bits per heavy atom. The van der Waals surface area contributed by atoms with Crippen molar-refractivity contribution in [2.75, 3.05) is 0 Å². The minimum Gasteiger partial charge on any atom is -0.321 e. The van der Waals surface area contributed by atoms with E-state index in [-0.39, 0.29) is 0 Å². The van der Waals surface area contributed by atoms with E-state index in [2.05, 4.69) is 22.2 Å². The molecule has 0 unspecified atom stereocenters. The Labute approximate surface area is 121 Å². The van der Waals surface area contributed by atoms with Gasteiger partial charge in [-0.3, -0.25) is 0 Å². The van der Waals surface area contributed by atoms with Crippen molar-refractivity contribution in [3.05, 3.63) is 22.2 Å². The van der Waals surface area contributed by atoms with Crippen LogP contribution in [0.25, 0.3) is 0 Å². The summed E-state index contributed by atoms with van der Waals surface area (Å²) in [5, 5.41) is 0.519. The molecule has 1 aliphatic rings.